The number of carbonyl (C=O) groups excluding carboxylic acids is 1. The lowest BCUT2D eigenvalue weighted by atomic mass is 9.60. The van der Waals surface area contributed by atoms with Crippen LogP contribution in [0.2, 0.25) is 0 Å². The van der Waals surface area contributed by atoms with E-state index in [9.17, 15) is 4.79 Å². The van der Waals surface area contributed by atoms with Crippen LogP contribution >= 0.6 is 0 Å². The largest absolute Gasteiger partial charge is 0.496 e. The van der Waals surface area contributed by atoms with Crippen molar-refractivity contribution in [2.45, 2.75) is 46.0 Å². The summed E-state index contributed by atoms with van der Waals surface area (Å²) in [5, 5.41) is 0. The number of rotatable bonds is 3. The summed E-state index contributed by atoms with van der Waals surface area (Å²) in [6, 6.07) is 8.09. The smallest absolute Gasteiger partial charge is 0.161 e. The summed E-state index contributed by atoms with van der Waals surface area (Å²) in [5.74, 6) is 1.98. The molecule has 2 atom stereocenters. The van der Waals surface area contributed by atoms with Gasteiger partial charge in [-0.25, -0.2) is 10.4 Å². The third-order valence-electron chi connectivity index (χ3n) is 6.15. The molecular weight excluding hydrogens is 326 g/mol. The van der Waals surface area contributed by atoms with E-state index in [1.54, 1.807) is 7.11 Å². The minimum Gasteiger partial charge on any atom is -0.496 e. The van der Waals surface area contributed by atoms with E-state index in [1.165, 1.54) is 0 Å². The Morgan fingerprint density at radius 1 is 1.27 bits per heavy atom. The molecule has 5 heteroatoms. The normalized spacial score (nSPS) is 29.6. The molecule has 0 radical (unpaired) electrons. The number of hydrazine groups is 1. The average molecular weight is 353 g/mol. The van der Waals surface area contributed by atoms with Crippen LogP contribution in [0.15, 0.2) is 40.5 Å². The molecule has 0 spiro atoms. The van der Waals surface area contributed by atoms with Crippen LogP contribution in [0.5, 0.6) is 5.75 Å². The fourth-order valence-corrected chi connectivity index (χ4v) is 4.87. The van der Waals surface area contributed by atoms with Gasteiger partial charge < -0.3 is 10.2 Å². The van der Waals surface area contributed by atoms with E-state index in [1.807, 2.05) is 18.2 Å². The Labute approximate surface area is 154 Å². The molecule has 4 rings (SSSR count). The SMILES string of the molecule is CCC12CNNC1=NC1=C(C(=O)CC(C)(C)C1)C2c1ccccc1OC. The van der Waals surface area contributed by atoms with Gasteiger partial charge in [-0.2, -0.15) is 0 Å². The highest BCUT2D eigenvalue weighted by atomic mass is 16.5. The van der Waals surface area contributed by atoms with Gasteiger partial charge in [0.25, 0.3) is 0 Å². The molecule has 2 N–H and O–H groups in total. The summed E-state index contributed by atoms with van der Waals surface area (Å²) in [6.45, 7) is 7.22. The molecule has 1 aromatic carbocycles. The zero-order valence-electron chi connectivity index (χ0n) is 16.0. The quantitative estimate of drug-likeness (QED) is 0.875. The monoisotopic (exact) mass is 353 g/mol. The van der Waals surface area contributed by atoms with Crippen molar-refractivity contribution in [2.75, 3.05) is 13.7 Å². The van der Waals surface area contributed by atoms with E-state index < -0.39 is 0 Å². The summed E-state index contributed by atoms with van der Waals surface area (Å²) >= 11 is 0. The van der Waals surface area contributed by atoms with Gasteiger partial charge in [-0.1, -0.05) is 39.0 Å². The molecule has 3 aliphatic rings. The Morgan fingerprint density at radius 3 is 2.77 bits per heavy atom. The molecule has 2 unspecified atom stereocenters. The second kappa shape index (κ2) is 5.95. The lowest BCUT2D eigenvalue weighted by molar-refractivity contribution is -0.118. The van der Waals surface area contributed by atoms with Crippen LogP contribution in [-0.4, -0.2) is 25.3 Å². The zero-order valence-corrected chi connectivity index (χ0v) is 16.0. The first kappa shape index (κ1) is 17.3. The first-order valence-corrected chi connectivity index (χ1v) is 9.39. The summed E-state index contributed by atoms with van der Waals surface area (Å²) in [4.78, 5) is 18.2. The number of nitrogens with one attached hydrogen (secondary N) is 2. The summed E-state index contributed by atoms with van der Waals surface area (Å²) in [6.07, 6.45) is 2.29. The number of nitrogens with zero attached hydrogens (tertiary/aromatic N) is 1. The maximum Gasteiger partial charge on any atom is 0.161 e. The van der Waals surface area contributed by atoms with Gasteiger partial charge in [-0.3, -0.25) is 4.79 Å². The number of hydrogen-bond acceptors (Lipinski definition) is 5. The van der Waals surface area contributed by atoms with Gasteiger partial charge in [-0.05, 0) is 24.3 Å². The molecule has 0 aromatic heterocycles. The minimum atomic E-state index is -0.245. The van der Waals surface area contributed by atoms with Gasteiger partial charge in [0.1, 0.15) is 11.6 Å². The van der Waals surface area contributed by atoms with Crippen molar-refractivity contribution in [2.24, 2.45) is 15.8 Å². The molecule has 2 aliphatic heterocycles. The van der Waals surface area contributed by atoms with Crippen LogP contribution in [0, 0.1) is 10.8 Å². The minimum absolute atomic E-state index is 0.0442. The molecule has 1 aromatic rings. The van der Waals surface area contributed by atoms with Gasteiger partial charge in [0, 0.05) is 30.0 Å². The Kier molecular flexibility index (Phi) is 3.95. The standard InChI is InChI=1S/C21H27N3O2/c1-5-21-12-22-24-19(21)23-14-10-20(2,3)11-15(25)17(14)18(21)13-8-6-7-9-16(13)26-4/h6-9,18,22H,5,10-12H2,1-4H3,(H,23,24). The number of amidine groups is 1. The van der Waals surface area contributed by atoms with Crippen molar-refractivity contribution < 1.29 is 9.53 Å². The number of aliphatic imine (C=N–C) groups is 1. The number of benzene rings is 1. The maximum absolute atomic E-state index is 13.3. The summed E-state index contributed by atoms with van der Waals surface area (Å²) in [7, 11) is 1.70. The van der Waals surface area contributed by atoms with Crippen LogP contribution in [0.1, 0.15) is 51.5 Å². The Morgan fingerprint density at radius 2 is 2.04 bits per heavy atom. The van der Waals surface area contributed by atoms with Crippen LogP contribution in [0.3, 0.4) is 0 Å². The van der Waals surface area contributed by atoms with E-state index in [0.717, 1.165) is 47.8 Å². The number of methoxy groups -OCH3 is 1. The maximum atomic E-state index is 13.3. The van der Waals surface area contributed by atoms with Gasteiger partial charge in [0.2, 0.25) is 0 Å². The Bertz CT molecular complexity index is 824. The van der Waals surface area contributed by atoms with Crippen LogP contribution in [0.25, 0.3) is 0 Å². The van der Waals surface area contributed by atoms with Crippen LogP contribution in [-0.2, 0) is 4.79 Å². The molecule has 1 saturated heterocycles. The molecule has 2 heterocycles. The average Bonchev–Trinajstić information content (AvgIpc) is 3.02. The number of allylic oxidation sites excluding steroid dienone is 2. The highest BCUT2D eigenvalue weighted by molar-refractivity contribution is 6.04. The fraction of sp³-hybridized carbons (Fsp3) is 0.524. The van der Waals surface area contributed by atoms with Gasteiger partial charge in [0.15, 0.2) is 5.78 Å². The van der Waals surface area contributed by atoms with E-state index in [0.29, 0.717) is 6.42 Å². The Balaban J connectivity index is 1.97. The number of fused-ring (bicyclic) bond motifs is 1. The number of ether oxygens (including phenoxy) is 1. The lowest BCUT2D eigenvalue weighted by Gasteiger charge is -2.44. The topological polar surface area (TPSA) is 62.7 Å². The first-order chi connectivity index (χ1) is 12.4. The number of hydrogen-bond donors (Lipinski definition) is 2. The van der Waals surface area contributed by atoms with Crippen molar-refractivity contribution in [1.29, 1.82) is 0 Å². The van der Waals surface area contributed by atoms with E-state index in [-0.39, 0.29) is 22.5 Å². The molecule has 138 valence electrons. The first-order valence-electron chi connectivity index (χ1n) is 9.39. The fourth-order valence-electron chi connectivity index (χ4n) is 4.87. The number of carbonyl (C=O) groups is 1. The predicted octanol–water partition coefficient (Wildman–Crippen LogP) is 3.34. The molecule has 0 amide bonds. The highest BCUT2D eigenvalue weighted by Crippen LogP contribution is 2.55. The second-order valence-electron chi connectivity index (χ2n) is 8.42. The van der Waals surface area contributed by atoms with Crippen LogP contribution in [0.4, 0.5) is 0 Å². The molecule has 26 heavy (non-hydrogen) atoms. The third-order valence-corrected chi connectivity index (χ3v) is 6.15. The van der Waals surface area contributed by atoms with Crippen molar-refractivity contribution >= 4 is 11.6 Å². The predicted molar refractivity (Wildman–Crippen MR) is 102 cm³/mol. The van der Waals surface area contributed by atoms with Gasteiger partial charge >= 0.3 is 0 Å². The van der Waals surface area contributed by atoms with E-state index in [2.05, 4.69) is 37.7 Å². The van der Waals surface area contributed by atoms with E-state index in [4.69, 9.17) is 9.73 Å². The Hall–Kier alpha value is -2.14. The summed E-state index contributed by atoms with van der Waals surface area (Å²) in [5.41, 5.74) is 9.17. The number of ketones is 1. The number of Topliss-reactive ketones (excluding diaryl/α,β-unsaturated/α-hetero) is 1. The molecule has 5 nitrogen and oxygen atoms in total. The molecule has 1 fully saturated rings. The molecule has 1 aliphatic carbocycles. The van der Waals surface area contributed by atoms with Crippen LogP contribution < -0.4 is 15.6 Å². The van der Waals surface area contributed by atoms with Crippen molar-refractivity contribution in [3.8, 4) is 5.75 Å². The molecular formula is C21H27N3O2. The number of para-hydroxylation sites is 1. The molecule has 0 bridgehead atoms. The summed E-state index contributed by atoms with van der Waals surface area (Å²) < 4.78 is 5.68. The van der Waals surface area contributed by atoms with Crippen molar-refractivity contribution in [3.05, 3.63) is 41.1 Å². The van der Waals surface area contributed by atoms with E-state index >= 15 is 0 Å². The zero-order chi connectivity index (χ0) is 18.5. The highest BCUT2D eigenvalue weighted by Gasteiger charge is 2.54. The van der Waals surface area contributed by atoms with Gasteiger partial charge in [-0.15, -0.1) is 0 Å². The van der Waals surface area contributed by atoms with Crippen molar-refractivity contribution in [3.63, 3.8) is 0 Å². The third kappa shape index (κ3) is 2.41. The second-order valence-corrected chi connectivity index (χ2v) is 8.42. The van der Waals surface area contributed by atoms with Gasteiger partial charge in [0.05, 0.1) is 18.2 Å². The molecule has 0 saturated carbocycles. The van der Waals surface area contributed by atoms with Crippen molar-refractivity contribution in [1.82, 2.24) is 10.9 Å². The lowest BCUT2D eigenvalue weighted by Crippen LogP contribution is -2.45.